The maximum Gasteiger partial charge on any atom is 0.328 e. The Hall–Kier alpha value is -3.02. The number of carbonyl (C=O) groups excluding carboxylic acids is 4. The molecule has 0 radical (unpaired) electrons. The Morgan fingerprint density at radius 3 is 1.61 bits per heavy atom. The molecule has 0 unspecified atom stereocenters. The van der Waals surface area contributed by atoms with Crippen LogP contribution < -0.4 is 21.7 Å². The number of hydrogen-bond acceptors (Lipinski definition) is 8. The van der Waals surface area contributed by atoms with Gasteiger partial charge in [-0.2, -0.15) is 23.5 Å². The number of nitrogens with one attached hydrogen (secondary N) is 3. The fourth-order valence-electron chi connectivity index (χ4n) is 3.82. The number of rotatable bonds is 17. The summed E-state index contributed by atoms with van der Waals surface area (Å²) in [5.74, 6) is -0.00861. The lowest BCUT2D eigenvalue weighted by atomic mass is 10.0. The summed E-state index contributed by atoms with van der Waals surface area (Å²) in [7, 11) is 1.24. The number of methoxy groups -OCH3 is 1. The van der Waals surface area contributed by atoms with E-state index in [9.17, 15) is 19.2 Å². The van der Waals surface area contributed by atoms with Crippen LogP contribution in [0.15, 0.2) is 60.7 Å². The van der Waals surface area contributed by atoms with Gasteiger partial charge < -0.3 is 26.4 Å². The second-order valence-corrected chi connectivity index (χ2v) is 12.2. The predicted molar refractivity (Wildman–Crippen MR) is 166 cm³/mol. The van der Waals surface area contributed by atoms with Gasteiger partial charge >= 0.3 is 5.97 Å². The van der Waals surface area contributed by atoms with Crippen LogP contribution in [0.2, 0.25) is 0 Å². The maximum absolute atomic E-state index is 13.5. The van der Waals surface area contributed by atoms with Crippen LogP contribution in [-0.2, 0) is 35.4 Å². The Balaban J connectivity index is 2.15. The van der Waals surface area contributed by atoms with Crippen molar-refractivity contribution in [3.05, 3.63) is 71.8 Å². The first kappa shape index (κ1) is 34.2. The molecule has 9 nitrogen and oxygen atoms in total. The molecular weight excluding hydrogens is 560 g/mol. The van der Waals surface area contributed by atoms with Crippen molar-refractivity contribution in [3.63, 3.8) is 0 Å². The van der Waals surface area contributed by atoms with E-state index in [1.165, 1.54) is 37.6 Å². The molecule has 0 aliphatic heterocycles. The number of esters is 1. The molecule has 0 saturated carbocycles. The quantitative estimate of drug-likeness (QED) is 0.203. The van der Waals surface area contributed by atoms with Gasteiger partial charge in [-0.1, -0.05) is 74.5 Å². The van der Waals surface area contributed by atoms with Crippen LogP contribution in [0.1, 0.15) is 38.3 Å². The van der Waals surface area contributed by atoms with E-state index in [0.29, 0.717) is 17.9 Å². The molecule has 0 aliphatic rings. The van der Waals surface area contributed by atoms with Crippen molar-refractivity contribution in [1.29, 1.82) is 0 Å². The molecule has 0 fully saturated rings. The van der Waals surface area contributed by atoms with Crippen molar-refractivity contribution >= 4 is 47.2 Å². The van der Waals surface area contributed by atoms with E-state index in [-0.39, 0.29) is 17.4 Å². The van der Waals surface area contributed by atoms with E-state index < -0.39 is 47.9 Å². The Bertz CT molecular complexity index is 1100. The standard InChI is InChI=1S/C30H42N4O5S2/c1-20(2)15-24(31)27(35)33-26(19-41-17-23-13-9-6-10-14-23)29(37)34-25(28(36)32-21(3)30(38)39-4)18-40-16-22-11-7-5-8-12-22/h5-14,20-21,24-26H,15-19,31H2,1-4H3,(H,32,36)(H,33,35)(H,34,37)/t21-,24-,25-,26-/m0/s1. The third-order valence-electron chi connectivity index (χ3n) is 6.03. The minimum Gasteiger partial charge on any atom is -0.467 e. The minimum atomic E-state index is -0.953. The van der Waals surface area contributed by atoms with Gasteiger partial charge in [0.25, 0.3) is 0 Å². The van der Waals surface area contributed by atoms with E-state index in [1.807, 2.05) is 74.5 Å². The Morgan fingerprint density at radius 2 is 1.17 bits per heavy atom. The number of nitrogens with two attached hydrogens (primary N) is 1. The van der Waals surface area contributed by atoms with E-state index in [1.54, 1.807) is 0 Å². The second kappa shape index (κ2) is 18.4. The normalized spacial score (nSPS) is 13.9. The molecule has 0 bridgehead atoms. The van der Waals surface area contributed by atoms with Crippen LogP contribution in [-0.4, -0.2) is 66.5 Å². The fraction of sp³-hybridized carbons (Fsp3) is 0.467. The summed E-state index contributed by atoms with van der Waals surface area (Å²) in [6.45, 7) is 5.45. The third-order valence-corrected chi connectivity index (χ3v) is 8.25. The fourth-order valence-corrected chi connectivity index (χ4v) is 5.85. The van der Waals surface area contributed by atoms with Gasteiger partial charge in [0, 0.05) is 23.0 Å². The van der Waals surface area contributed by atoms with E-state index >= 15 is 0 Å². The highest BCUT2D eigenvalue weighted by atomic mass is 32.2. The van der Waals surface area contributed by atoms with Crippen molar-refractivity contribution in [3.8, 4) is 0 Å². The van der Waals surface area contributed by atoms with Gasteiger partial charge in [-0.3, -0.25) is 14.4 Å². The van der Waals surface area contributed by atoms with Gasteiger partial charge in [0.15, 0.2) is 0 Å². The van der Waals surface area contributed by atoms with Crippen molar-refractivity contribution < 1.29 is 23.9 Å². The van der Waals surface area contributed by atoms with Gasteiger partial charge in [0.05, 0.1) is 13.2 Å². The molecule has 5 N–H and O–H groups in total. The topological polar surface area (TPSA) is 140 Å². The summed E-state index contributed by atoms with van der Waals surface area (Å²) in [5.41, 5.74) is 8.26. The predicted octanol–water partition coefficient (Wildman–Crippen LogP) is 2.87. The molecule has 0 spiro atoms. The average Bonchev–Trinajstić information content (AvgIpc) is 2.96. The van der Waals surface area contributed by atoms with Crippen LogP contribution >= 0.6 is 23.5 Å². The van der Waals surface area contributed by atoms with Gasteiger partial charge in [0.1, 0.15) is 18.1 Å². The second-order valence-electron chi connectivity index (χ2n) is 10.1. The van der Waals surface area contributed by atoms with E-state index in [2.05, 4.69) is 16.0 Å². The number of amides is 3. The molecule has 4 atom stereocenters. The van der Waals surface area contributed by atoms with Gasteiger partial charge in [-0.25, -0.2) is 4.79 Å². The smallest absolute Gasteiger partial charge is 0.328 e. The molecule has 0 saturated heterocycles. The van der Waals surface area contributed by atoms with Gasteiger partial charge in [-0.15, -0.1) is 0 Å². The summed E-state index contributed by atoms with van der Waals surface area (Å²) in [4.78, 5) is 51.5. The highest BCUT2D eigenvalue weighted by molar-refractivity contribution is 7.98. The number of hydrogen-bond donors (Lipinski definition) is 4. The highest BCUT2D eigenvalue weighted by Crippen LogP contribution is 2.16. The van der Waals surface area contributed by atoms with Crippen molar-refractivity contribution in [2.24, 2.45) is 11.7 Å². The zero-order chi connectivity index (χ0) is 30.2. The van der Waals surface area contributed by atoms with Gasteiger partial charge in [-0.05, 0) is 30.4 Å². The number of carbonyl (C=O) groups is 4. The van der Waals surface area contributed by atoms with Crippen LogP contribution in [0, 0.1) is 5.92 Å². The summed E-state index contributed by atoms with van der Waals surface area (Å²) >= 11 is 2.97. The average molecular weight is 603 g/mol. The summed E-state index contributed by atoms with van der Waals surface area (Å²) < 4.78 is 4.72. The van der Waals surface area contributed by atoms with Crippen LogP contribution in [0.5, 0.6) is 0 Å². The van der Waals surface area contributed by atoms with Crippen molar-refractivity contribution in [2.45, 2.75) is 62.9 Å². The number of benzene rings is 2. The lowest BCUT2D eigenvalue weighted by molar-refractivity contribution is -0.144. The minimum absolute atomic E-state index is 0.210. The van der Waals surface area contributed by atoms with Crippen molar-refractivity contribution in [2.75, 3.05) is 18.6 Å². The lowest BCUT2D eigenvalue weighted by Gasteiger charge is -2.25. The maximum atomic E-state index is 13.5. The molecule has 2 rings (SSSR count). The summed E-state index contributed by atoms with van der Waals surface area (Å²) in [6.07, 6.45) is 0.476. The van der Waals surface area contributed by atoms with Crippen LogP contribution in [0.4, 0.5) is 0 Å². The number of thioether (sulfide) groups is 2. The number of ether oxygens (including phenoxy) is 1. The molecule has 11 heteroatoms. The van der Waals surface area contributed by atoms with E-state index in [4.69, 9.17) is 10.5 Å². The zero-order valence-corrected chi connectivity index (χ0v) is 25.8. The molecule has 41 heavy (non-hydrogen) atoms. The SMILES string of the molecule is COC(=O)[C@H](C)NC(=O)[C@H](CSCc1ccccc1)NC(=O)[C@H](CSCc1ccccc1)NC(=O)[C@@H](N)CC(C)C. The Kier molecular flexibility index (Phi) is 15.4. The first-order valence-corrected chi connectivity index (χ1v) is 15.9. The lowest BCUT2D eigenvalue weighted by Crippen LogP contribution is -2.58. The molecular formula is C30H42N4O5S2. The Morgan fingerprint density at radius 1 is 0.732 bits per heavy atom. The first-order chi connectivity index (χ1) is 19.6. The summed E-state index contributed by atoms with van der Waals surface area (Å²) in [5, 5.41) is 8.21. The monoisotopic (exact) mass is 602 g/mol. The third kappa shape index (κ3) is 13.0. The molecule has 2 aromatic carbocycles. The molecule has 2 aromatic rings. The largest absolute Gasteiger partial charge is 0.467 e. The molecule has 0 aliphatic carbocycles. The molecule has 3 amide bonds. The summed E-state index contributed by atoms with van der Waals surface area (Å²) in [6, 6.07) is 16.0. The Labute approximate surface area is 251 Å². The van der Waals surface area contributed by atoms with Gasteiger partial charge in [0.2, 0.25) is 17.7 Å². The van der Waals surface area contributed by atoms with Crippen LogP contribution in [0.25, 0.3) is 0 Å². The van der Waals surface area contributed by atoms with E-state index in [0.717, 1.165) is 11.1 Å². The van der Waals surface area contributed by atoms with Crippen LogP contribution in [0.3, 0.4) is 0 Å². The first-order valence-electron chi connectivity index (χ1n) is 13.6. The molecule has 0 aromatic heterocycles. The molecule has 224 valence electrons. The highest BCUT2D eigenvalue weighted by Gasteiger charge is 2.30. The zero-order valence-electron chi connectivity index (χ0n) is 24.1. The van der Waals surface area contributed by atoms with Crippen molar-refractivity contribution in [1.82, 2.24) is 16.0 Å². The molecule has 0 heterocycles.